The molecule has 7 nitrogen and oxygen atoms in total. The van der Waals surface area contributed by atoms with Crippen molar-refractivity contribution >= 4 is 50.7 Å². The minimum Gasteiger partial charge on any atom is -0.350 e. The average Bonchev–Trinajstić information content (AvgIpc) is 2.88. The van der Waals surface area contributed by atoms with Crippen LogP contribution in [0.2, 0.25) is 10.0 Å². The molecule has 3 aromatic carbocycles. The summed E-state index contributed by atoms with van der Waals surface area (Å²) in [4.78, 5) is 28.5. The Labute approximate surface area is 244 Å². The summed E-state index contributed by atoms with van der Waals surface area (Å²) in [5.74, 6) is -1.96. The summed E-state index contributed by atoms with van der Waals surface area (Å²) in [7, 11) is -4.37. The Hall–Kier alpha value is -3.14. The maximum Gasteiger partial charge on any atom is 0.264 e. The highest BCUT2D eigenvalue weighted by Gasteiger charge is 2.35. The molecule has 0 aliphatic heterocycles. The number of hydrogen-bond acceptors (Lipinski definition) is 4. The van der Waals surface area contributed by atoms with E-state index in [1.165, 1.54) is 53.4 Å². The molecule has 40 heavy (non-hydrogen) atoms. The highest BCUT2D eigenvalue weighted by Crippen LogP contribution is 2.28. The summed E-state index contributed by atoms with van der Waals surface area (Å²) >= 11 is 12.5. The molecule has 0 fully saturated rings. The van der Waals surface area contributed by atoms with Gasteiger partial charge in [0, 0.05) is 22.1 Å². The first-order chi connectivity index (χ1) is 18.7. The topological polar surface area (TPSA) is 86.8 Å². The Morgan fingerprint density at radius 2 is 1.60 bits per heavy atom. The molecular weight excluding hydrogens is 576 g/mol. The Balaban J connectivity index is 2.10. The van der Waals surface area contributed by atoms with Crippen LogP contribution in [0.25, 0.3) is 0 Å². The van der Waals surface area contributed by atoms with Crippen LogP contribution in [0.4, 0.5) is 10.1 Å². The van der Waals surface area contributed by atoms with Gasteiger partial charge < -0.3 is 10.2 Å². The molecule has 0 bridgehead atoms. The van der Waals surface area contributed by atoms with E-state index in [0.29, 0.717) is 10.6 Å². The fourth-order valence-corrected chi connectivity index (χ4v) is 6.00. The van der Waals surface area contributed by atoms with Gasteiger partial charge in [-0.05, 0) is 69.2 Å². The van der Waals surface area contributed by atoms with Crippen LogP contribution in [0.15, 0.2) is 77.7 Å². The van der Waals surface area contributed by atoms with Crippen LogP contribution >= 0.6 is 23.2 Å². The van der Waals surface area contributed by atoms with Crippen molar-refractivity contribution in [2.45, 2.75) is 57.1 Å². The molecule has 1 atom stereocenters. The molecule has 0 aliphatic rings. The van der Waals surface area contributed by atoms with E-state index in [4.69, 9.17) is 23.2 Å². The third-order valence-corrected chi connectivity index (χ3v) is 8.33. The lowest BCUT2D eigenvalue weighted by Crippen LogP contribution is -2.55. The van der Waals surface area contributed by atoms with E-state index in [1.54, 1.807) is 25.1 Å². The zero-order valence-electron chi connectivity index (χ0n) is 22.7. The summed E-state index contributed by atoms with van der Waals surface area (Å²) in [5.41, 5.74) is -0.381. The molecular formula is C29H32Cl2FN3O4S. The van der Waals surface area contributed by atoms with Crippen LogP contribution < -0.4 is 9.62 Å². The Bertz CT molecular complexity index is 1460. The second kappa shape index (κ2) is 13.0. The normalized spacial score (nSPS) is 12.5. The van der Waals surface area contributed by atoms with Gasteiger partial charge in [0.15, 0.2) is 0 Å². The number of sulfonamides is 1. The van der Waals surface area contributed by atoms with E-state index in [0.717, 1.165) is 10.4 Å². The van der Waals surface area contributed by atoms with Gasteiger partial charge in [0.05, 0.1) is 10.6 Å². The van der Waals surface area contributed by atoms with Crippen molar-refractivity contribution in [1.82, 2.24) is 10.2 Å². The minimum absolute atomic E-state index is 0.110. The van der Waals surface area contributed by atoms with Gasteiger partial charge in [-0.3, -0.25) is 13.9 Å². The van der Waals surface area contributed by atoms with Crippen molar-refractivity contribution in [1.29, 1.82) is 0 Å². The van der Waals surface area contributed by atoms with E-state index in [9.17, 15) is 22.4 Å². The number of rotatable bonds is 10. The van der Waals surface area contributed by atoms with Crippen LogP contribution in [0.3, 0.4) is 0 Å². The lowest BCUT2D eigenvalue weighted by molar-refractivity contribution is -0.141. The van der Waals surface area contributed by atoms with Crippen molar-refractivity contribution in [3.8, 4) is 0 Å². The fraction of sp³-hybridized carbons (Fsp3) is 0.310. The average molecular weight is 609 g/mol. The number of amides is 2. The first kappa shape index (κ1) is 31.4. The number of para-hydroxylation sites is 1. The van der Waals surface area contributed by atoms with Gasteiger partial charge in [0.25, 0.3) is 10.0 Å². The predicted molar refractivity (Wildman–Crippen MR) is 156 cm³/mol. The molecule has 214 valence electrons. The Kier molecular flexibility index (Phi) is 10.2. The molecule has 11 heteroatoms. The quantitative estimate of drug-likeness (QED) is 0.304. The molecule has 0 radical (unpaired) electrons. The third kappa shape index (κ3) is 7.74. The van der Waals surface area contributed by atoms with E-state index in [-0.39, 0.29) is 28.6 Å². The predicted octanol–water partition coefficient (Wildman–Crippen LogP) is 6.05. The second-order valence-corrected chi connectivity index (χ2v) is 12.9. The molecule has 3 aromatic rings. The summed E-state index contributed by atoms with van der Waals surface area (Å²) < 4.78 is 43.2. The van der Waals surface area contributed by atoms with Gasteiger partial charge in [0.1, 0.15) is 18.4 Å². The van der Waals surface area contributed by atoms with Gasteiger partial charge in [-0.25, -0.2) is 12.8 Å². The second-order valence-electron chi connectivity index (χ2n) is 10.2. The molecule has 0 aromatic heterocycles. The van der Waals surface area contributed by atoms with Gasteiger partial charge >= 0.3 is 0 Å². The SMILES string of the molecule is CC[C@@H](C(=O)NC(C)(C)C)N(Cc1ccc(Cl)cc1Cl)C(=O)CN(c1ccccc1F)S(=O)(=O)c1ccccc1. The van der Waals surface area contributed by atoms with Crippen LogP contribution in [-0.4, -0.2) is 43.3 Å². The summed E-state index contributed by atoms with van der Waals surface area (Å²) in [6, 6.07) is 16.5. The van der Waals surface area contributed by atoms with E-state index in [1.807, 2.05) is 20.8 Å². The number of benzene rings is 3. The Morgan fingerprint density at radius 3 is 2.17 bits per heavy atom. The molecule has 0 spiro atoms. The standard InChI is InChI=1S/C29H32Cl2FN3O4S/c1-5-25(28(37)33-29(2,3)4)34(18-20-15-16-21(30)17-23(20)31)27(36)19-35(26-14-10-9-13-24(26)32)40(38,39)22-11-7-6-8-12-22/h6-17,25H,5,18-19H2,1-4H3,(H,33,37)/t25-/m0/s1. The molecule has 0 saturated carbocycles. The van der Waals surface area contributed by atoms with E-state index >= 15 is 0 Å². The van der Waals surface area contributed by atoms with Crippen LogP contribution in [0, 0.1) is 5.82 Å². The van der Waals surface area contributed by atoms with Gasteiger partial charge in [-0.2, -0.15) is 0 Å². The summed E-state index contributed by atoms with van der Waals surface area (Å²) in [6.07, 6.45) is 0.226. The molecule has 3 rings (SSSR count). The van der Waals surface area contributed by atoms with Crippen LogP contribution in [0.5, 0.6) is 0 Å². The number of nitrogens with zero attached hydrogens (tertiary/aromatic N) is 2. The molecule has 2 amide bonds. The van der Waals surface area contributed by atoms with Gasteiger partial charge in [0.2, 0.25) is 11.8 Å². The molecule has 0 heterocycles. The van der Waals surface area contributed by atoms with E-state index < -0.39 is 45.8 Å². The van der Waals surface area contributed by atoms with Crippen molar-refractivity contribution in [3.63, 3.8) is 0 Å². The summed E-state index contributed by atoms with van der Waals surface area (Å²) in [5, 5.41) is 3.56. The number of halogens is 3. The van der Waals surface area contributed by atoms with Crippen LogP contribution in [0.1, 0.15) is 39.7 Å². The van der Waals surface area contributed by atoms with Crippen molar-refractivity contribution < 1.29 is 22.4 Å². The molecule has 0 aliphatic carbocycles. The lowest BCUT2D eigenvalue weighted by atomic mass is 10.1. The third-order valence-electron chi connectivity index (χ3n) is 5.97. The van der Waals surface area contributed by atoms with E-state index in [2.05, 4.69) is 5.32 Å². The maximum absolute atomic E-state index is 15.0. The van der Waals surface area contributed by atoms with Crippen LogP contribution in [-0.2, 0) is 26.2 Å². The first-order valence-electron chi connectivity index (χ1n) is 12.6. The number of hydrogen-bond donors (Lipinski definition) is 1. The number of anilines is 1. The summed E-state index contributed by atoms with van der Waals surface area (Å²) in [6.45, 7) is 6.31. The highest BCUT2D eigenvalue weighted by atomic mass is 35.5. The Morgan fingerprint density at radius 1 is 0.975 bits per heavy atom. The fourth-order valence-electron chi connectivity index (χ4n) is 4.09. The van der Waals surface area contributed by atoms with Crippen molar-refractivity contribution in [3.05, 3.63) is 94.2 Å². The lowest BCUT2D eigenvalue weighted by Gasteiger charge is -2.35. The largest absolute Gasteiger partial charge is 0.350 e. The first-order valence-corrected chi connectivity index (χ1v) is 14.8. The minimum atomic E-state index is -4.37. The molecule has 0 unspecified atom stereocenters. The molecule has 0 saturated heterocycles. The number of nitrogens with one attached hydrogen (secondary N) is 1. The number of carbonyl (C=O) groups excluding carboxylic acids is 2. The van der Waals surface area contributed by atoms with Crippen molar-refractivity contribution in [2.75, 3.05) is 10.8 Å². The maximum atomic E-state index is 15.0. The monoisotopic (exact) mass is 607 g/mol. The number of carbonyl (C=O) groups is 2. The van der Waals surface area contributed by atoms with Crippen molar-refractivity contribution in [2.24, 2.45) is 0 Å². The zero-order valence-corrected chi connectivity index (χ0v) is 25.0. The zero-order chi connectivity index (χ0) is 29.7. The van der Waals surface area contributed by atoms with Gasteiger partial charge in [-0.15, -0.1) is 0 Å². The van der Waals surface area contributed by atoms with Gasteiger partial charge in [-0.1, -0.05) is 66.5 Å². The molecule has 1 N–H and O–H groups in total. The smallest absolute Gasteiger partial charge is 0.264 e. The highest BCUT2D eigenvalue weighted by molar-refractivity contribution is 7.92.